The molecule has 6 nitrogen and oxygen atoms in total. The molecule has 26 heavy (non-hydrogen) atoms. The maximum Gasteiger partial charge on any atom is 0.350 e. The minimum Gasteiger partial charge on any atom is -0.462 e. The second kappa shape index (κ2) is 6.68. The highest BCUT2D eigenvalue weighted by Gasteiger charge is 2.53. The van der Waals surface area contributed by atoms with Crippen LogP contribution in [-0.2, 0) is 20.7 Å². The Labute approximate surface area is 156 Å². The number of amides is 2. The number of imide groups is 1. The maximum atomic E-state index is 13.2. The van der Waals surface area contributed by atoms with Crippen LogP contribution in [0.5, 0.6) is 0 Å². The average molecular weight is 376 g/mol. The monoisotopic (exact) mass is 376 g/mol. The Hall–Kier alpha value is -1.89. The molecule has 1 saturated heterocycles. The molecule has 7 heteroatoms. The molecule has 2 atom stereocenters. The van der Waals surface area contributed by atoms with Crippen molar-refractivity contribution in [2.24, 2.45) is 5.92 Å². The first-order chi connectivity index (χ1) is 12.5. The van der Waals surface area contributed by atoms with Crippen LogP contribution in [0.1, 0.15) is 71.5 Å². The zero-order chi connectivity index (χ0) is 18.4. The largest absolute Gasteiger partial charge is 0.462 e. The molecule has 1 aromatic heterocycles. The third-order valence-electron chi connectivity index (χ3n) is 5.93. The van der Waals surface area contributed by atoms with Gasteiger partial charge in [0.1, 0.15) is 4.88 Å². The summed E-state index contributed by atoms with van der Waals surface area (Å²) in [5.41, 5.74) is 7.49. The van der Waals surface area contributed by atoms with E-state index in [0.717, 1.165) is 36.1 Å². The number of carbonyl (C=O) groups excluding carboxylic acids is 3. The van der Waals surface area contributed by atoms with Gasteiger partial charge >= 0.3 is 5.97 Å². The van der Waals surface area contributed by atoms with Gasteiger partial charge in [-0.2, -0.15) is 0 Å². The van der Waals surface area contributed by atoms with E-state index in [-0.39, 0.29) is 30.4 Å². The summed E-state index contributed by atoms with van der Waals surface area (Å²) in [5, 5.41) is 0. The first-order valence-electron chi connectivity index (χ1n) is 9.49. The van der Waals surface area contributed by atoms with Crippen LogP contribution < -0.4 is 5.73 Å². The molecular weight excluding hydrogens is 352 g/mol. The van der Waals surface area contributed by atoms with E-state index in [9.17, 15) is 14.4 Å². The highest BCUT2D eigenvalue weighted by molar-refractivity contribution is 7.15. The average Bonchev–Trinajstić information content (AvgIpc) is 3.11. The standard InChI is InChI=1S/C19H24N2O4S/c1-2-25-19(24)16-14(20)12-9-8-11-13(15(12)26-16)18(23)21(17(11)22)10-6-4-3-5-7-10/h10-11,13H,2-9,20H2,1H3. The second-order valence-electron chi connectivity index (χ2n) is 7.37. The molecule has 0 radical (unpaired) electrons. The Bertz CT molecular complexity index is 766. The van der Waals surface area contributed by atoms with Gasteiger partial charge in [0, 0.05) is 10.9 Å². The molecule has 140 valence electrons. The zero-order valence-electron chi connectivity index (χ0n) is 15.0. The molecule has 4 rings (SSSR count). The number of anilines is 1. The van der Waals surface area contributed by atoms with Gasteiger partial charge in [-0.25, -0.2) is 4.79 Å². The van der Waals surface area contributed by atoms with Gasteiger partial charge in [0.05, 0.1) is 24.1 Å². The van der Waals surface area contributed by atoms with Crippen LogP contribution in [-0.4, -0.2) is 35.3 Å². The van der Waals surface area contributed by atoms with Crippen molar-refractivity contribution >= 4 is 34.8 Å². The van der Waals surface area contributed by atoms with Crippen LogP contribution in [0.4, 0.5) is 5.69 Å². The Balaban J connectivity index is 1.69. The van der Waals surface area contributed by atoms with Gasteiger partial charge < -0.3 is 10.5 Å². The summed E-state index contributed by atoms with van der Waals surface area (Å²) < 4.78 is 5.09. The first kappa shape index (κ1) is 17.5. The highest BCUT2D eigenvalue weighted by atomic mass is 32.1. The van der Waals surface area contributed by atoms with Gasteiger partial charge in [-0.1, -0.05) is 19.3 Å². The molecule has 2 heterocycles. The van der Waals surface area contributed by atoms with Gasteiger partial charge in [0.15, 0.2) is 0 Å². The third-order valence-corrected chi connectivity index (χ3v) is 7.24. The minimum absolute atomic E-state index is 0.0257. The number of nitrogens with zero attached hydrogens (tertiary/aromatic N) is 1. The Morgan fingerprint density at radius 2 is 1.92 bits per heavy atom. The topological polar surface area (TPSA) is 89.7 Å². The fourth-order valence-corrected chi connectivity index (χ4v) is 6.01. The van der Waals surface area contributed by atoms with E-state index in [1.54, 1.807) is 11.8 Å². The summed E-state index contributed by atoms with van der Waals surface area (Å²) in [5.74, 6) is -1.33. The fourth-order valence-electron chi connectivity index (χ4n) is 4.69. The van der Waals surface area contributed by atoms with Crippen LogP contribution >= 0.6 is 11.3 Å². The molecule has 0 aromatic carbocycles. The molecule has 2 fully saturated rings. The van der Waals surface area contributed by atoms with Gasteiger partial charge in [-0.15, -0.1) is 11.3 Å². The number of nitrogen functional groups attached to an aromatic ring is 1. The Morgan fingerprint density at radius 3 is 2.62 bits per heavy atom. The summed E-state index contributed by atoms with van der Waals surface area (Å²) in [7, 11) is 0. The normalized spacial score (nSPS) is 26.0. The molecule has 1 saturated carbocycles. The number of hydrogen-bond acceptors (Lipinski definition) is 6. The van der Waals surface area contributed by atoms with E-state index >= 15 is 0 Å². The highest BCUT2D eigenvalue weighted by Crippen LogP contribution is 2.50. The van der Waals surface area contributed by atoms with Crippen molar-refractivity contribution < 1.29 is 19.1 Å². The lowest BCUT2D eigenvalue weighted by Crippen LogP contribution is -2.41. The molecule has 3 aliphatic rings. The molecule has 2 amide bonds. The quantitative estimate of drug-likeness (QED) is 0.647. The lowest BCUT2D eigenvalue weighted by atomic mass is 9.81. The summed E-state index contributed by atoms with van der Waals surface area (Å²) >= 11 is 1.24. The number of esters is 1. The summed E-state index contributed by atoms with van der Waals surface area (Å²) in [4.78, 5) is 41.1. The number of fused-ring (bicyclic) bond motifs is 3. The molecule has 2 unspecified atom stereocenters. The number of thiophene rings is 1. The summed E-state index contributed by atoms with van der Waals surface area (Å²) in [6.07, 6.45) is 6.38. The van der Waals surface area contributed by atoms with Crippen molar-refractivity contribution in [2.45, 2.75) is 63.8 Å². The smallest absolute Gasteiger partial charge is 0.350 e. The van der Waals surface area contributed by atoms with Crippen molar-refractivity contribution in [3.8, 4) is 0 Å². The SMILES string of the molecule is CCOC(=O)c1sc2c(c1N)CCC1C(=O)N(C3CCCCC3)C(=O)C21. The number of nitrogens with two attached hydrogens (primary N) is 1. The maximum absolute atomic E-state index is 13.2. The third kappa shape index (κ3) is 2.55. The van der Waals surface area contributed by atoms with Crippen molar-refractivity contribution in [1.29, 1.82) is 0 Å². The minimum atomic E-state index is -0.469. The van der Waals surface area contributed by atoms with E-state index in [0.29, 0.717) is 23.4 Å². The summed E-state index contributed by atoms with van der Waals surface area (Å²) in [6.45, 7) is 2.03. The van der Waals surface area contributed by atoms with Gasteiger partial charge in [0.2, 0.25) is 11.8 Å². The molecular formula is C19H24N2O4S. The molecule has 0 spiro atoms. The van der Waals surface area contributed by atoms with Crippen molar-refractivity contribution in [3.05, 3.63) is 15.3 Å². The predicted molar refractivity (Wildman–Crippen MR) is 98.0 cm³/mol. The Kier molecular flexibility index (Phi) is 4.50. The van der Waals surface area contributed by atoms with Crippen LogP contribution in [0.15, 0.2) is 0 Å². The lowest BCUT2D eigenvalue weighted by molar-refractivity contribution is -0.143. The van der Waals surface area contributed by atoms with Crippen molar-refractivity contribution in [2.75, 3.05) is 12.3 Å². The van der Waals surface area contributed by atoms with Crippen molar-refractivity contribution in [1.82, 2.24) is 4.90 Å². The van der Waals surface area contributed by atoms with Crippen LogP contribution in [0.3, 0.4) is 0 Å². The van der Waals surface area contributed by atoms with Gasteiger partial charge in [0.25, 0.3) is 0 Å². The molecule has 2 aliphatic carbocycles. The number of hydrogen-bond donors (Lipinski definition) is 1. The van der Waals surface area contributed by atoms with E-state index in [1.807, 2.05) is 0 Å². The second-order valence-corrected chi connectivity index (χ2v) is 8.42. The van der Waals surface area contributed by atoms with E-state index in [1.165, 1.54) is 17.8 Å². The van der Waals surface area contributed by atoms with E-state index in [4.69, 9.17) is 10.5 Å². The number of ether oxygens (including phenoxy) is 1. The van der Waals surface area contributed by atoms with Gasteiger partial charge in [-0.05, 0) is 38.2 Å². The first-order valence-corrected chi connectivity index (χ1v) is 10.3. The molecule has 2 N–H and O–H groups in total. The zero-order valence-corrected chi connectivity index (χ0v) is 15.8. The Morgan fingerprint density at radius 1 is 1.19 bits per heavy atom. The fraction of sp³-hybridized carbons (Fsp3) is 0.632. The lowest BCUT2D eigenvalue weighted by Gasteiger charge is -2.29. The molecule has 0 bridgehead atoms. The molecule has 1 aromatic rings. The van der Waals surface area contributed by atoms with Crippen LogP contribution in [0, 0.1) is 5.92 Å². The van der Waals surface area contributed by atoms with Crippen LogP contribution in [0.2, 0.25) is 0 Å². The molecule has 1 aliphatic heterocycles. The summed E-state index contributed by atoms with van der Waals surface area (Å²) in [6, 6.07) is 0.0413. The number of carbonyl (C=O) groups is 3. The number of rotatable bonds is 3. The van der Waals surface area contributed by atoms with E-state index in [2.05, 4.69) is 0 Å². The van der Waals surface area contributed by atoms with Gasteiger partial charge in [-0.3, -0.25) is 14.5 Å². The predicted octanol–water partition coefficient (Wildman–Crippen LogP) is 2.85. The number of likely N-dealkylation sites (tertiary alicyclic amines) is 1. The van der Waals surface area contributed by atoms with E-state index < -0.39 is 11.9 Å². The van der Waals surface area contributed by atoms with Crippen LogP contribution in [0.25, 0.3) is 0 Å². The van der Waals surface area contributed by atoms with Crippen molar-refractivity contribution in [3.63, 3.8) is 0 Å².